The second-order valence-electron chi connectivity index (χ2n) is 3.35. The third-order valence-corrected chi connectivity index (χ3v) is 2.37. The Morgan fingerprint density at radius 3 is 2.88 bits per heavy atom. The lowest BCUT2D eigenvalue weighted by molar-refractivity contribution is 0.112. The first-order valence-electron chi connectivity index (χ1n) is 4.84. The van der Waals surface area contributed by atoms with E-state index in [4.69, 9.17) is 0 Å². The Balaban J connectivity index is 2.86. The van der Waals surface area contributed by atoms with Crippen LogP contribution in [0.3, 0.4) is 0 Å². The number of fused-ring (bicyclic) bond motifs is 1. The van der Waals surface area contributed by atoms with Gasteiger partial charge in [0.05, 0.1) is 11.1 Å². The molecule has 0 amide bonds. The first kappa shape index (κ1) is 10.5. The van der Waals surface area contributed by atoms with Gasteiger partial charge in [-0.3, -0.25) is 9.59 Å². The average molecular weight is 220 g/mol. The number of hydrogen-bond donors (Lipinski definition) is 1. The van der Waals surface area contributed by atoms with E-state index in [1.165, 1.54) is 12.1 Å². The predicted octanol–water partition coefficient (Wildman–Crippen LogP) is 1.44. The highest BCUT2D eigenvalue weighted by molar-refractivity contribution is 5.85. The van der Waals surface area contributed by atoms with E-state index in [9.17, 15) is 14.0 Å². The third-order valence-electron chi connectivity index (χ3n) is 2.37. The summed E-state index contributed by atoms with van der Waals surface area (Å²) in [6, 6.07) is 2.85. The molecule has 2 rings (SSSR count). The highest BCUT2D eigenvalue weighted by Gasteiger charge is 2.10. The fourth-order valence-corrected chi connectivity index (χ4v) is 1.51. The number of rotatable bonds is 2. The molecular weight excluding hydrogens is 211 g/mol. The summed E-state index contributed by atoms with van der Waals surface area (Å²) in [6.45, 7) is 1.79. The molecule has 5 heteroatoms. The third kappa shape index (κ3) is 1.50. The standard InChI is InChI=1S/C11H9FN2O2/c1-2-7-11(16)14-10-8(13-7)4-3-6(5-15)9(10)12/h3-5H,2H2,1H3,(H,14,16). The summed E-state index contributed by atoms with van der Waals surface area (Å²) in [7, 11) is 0. The van der Waals surface area contributed by atoms with Crippen LogP contribution < -0.4 is 5.56 Å². The van der Waals surface area contributed by atoms with Crippen LogP contribution in [0.15, 0.2) is 16.9 Å². The van der Waals surface area contributed by atoms with Gasteiger partial charge in [0.25, 0.3) is 5.56 Å². The molecule has 2 aromatic rings. The number of nitrogens with zero attached hydrogens (tertiary/aromatic N) is 1. The first-order chi connectivity index (χ1) is 7.67. The molecule has 1 aromatic heterocycles. The lowest BCUT2D eigenvalue weighted by atomic mass is 10.2. The van der Waals surface area contributed by atoms with E-state index < -0.39 is 11.4 Å². The second-order valence-corrected chi connectivity index (χ2v) is 3.35. The molecule has 0 unspecified atom stereocenters. The molecule has 0 aliphatic carbocycles. The normalized spacial score (nSPS) is 10.6. The quantitative estimate of drug-likeness (QED) is 0.779. The van der Waals surface area contributed by atoms with Gasteiger partial charge in [0.15, 0.2) is 12.1 Å². The summed E-state index contributed by atoms with van der Waals surface area (Å²) in [6.07, 6.45) is 0.878. The predicted molar refractivity (Wildman–Crippen MR) is 57.1 cm³/mol. The molecule has 4 nitrogen and oxygen atoms in total. The lowest BCUT2D eigenvalue weighted by Gasteiger charge is -2.02. The number of halogens is 1. The Labute approximate surface area is 90.1 Å². The van der Waals surface area contributed by atoms with Gasteiger partial charge < -0.3 is 4.98 Å². The van der Waals surface area contributed by atoms with Gasteiger partial charge in [0.2, 0.25) is 0 Å². The van der Waals surface area contributed by atoms with Crippen molar-refractivity contribution in [2.75, 3.05) is 0 Å². The molecule has 0 atom stereocenters. The van der Waals surface area contributed by atoms with Crippen molar-refractivity contribution in [2.45, 2.75) is 13.3 Å². The summed E-state index contributed by atoms with van der Waals surface area (Å²) in [5, 5.41) is 0. The molecular formula is C11H9FN2O2. The number of hydrogen-bond acceptors (Lipinski definition) is 3. The van der Waals surface area contributed by atoms with Gasteiger partial charge in [-0.05, 0) is 18.6 Å². The Bertz CT molecular complexity index is 619. The van der Waals surface area contributed by atoms with Gasteiger partial charge in [0.1, 0.15) is 11.2 Å². The van der Waals surface area contributed by atoms with Crippen LogP contribution in [0.5, 0.6) is 0 Å². The maximum absolute atomic E-state index is 13.6. The van der Waals surface area contributed by atoms with Crippen LogP contribution in [0.2, 0.25) is 0 Å². The molecule has 0 saturated heterocycles. The zero-order chi connectivity index (χ0) is 11.7. The van der Waals surface area contributed by atoms with Gasteiger partial charge in [-0.2, -0.15) is 0 Å². The Hall–Kier alpha value is -2.04. The summed E-state index contributed by atoms with van der Waals surface area (Å²) < 4.78 is 13.6. The van der Waals surface area contributed by atoms with E-state index in [0.29, 0.717) is 23.9 Å². The van der Waals surface area contributed by atoms with Crippen LogP contribution in [0, 0.1) is 5.82 Å². The Kier molecular flexibility index (Phi) is 2.52. The van der Waals surface area contributed by atoms with E-state index in [1.54, 1.807) is 6.92 Å². The summed E-state index contributed by atoms with van der Waals surface area (Å²) in [4.78, 5) is 28.4. The molecule has 0 bridgehead atoms. The Morgan fingerprint density at radius 2 is 2.25 bits per heavy atom. The SMILES string of the molecule is CCc1nc2ccc(C=O)c(F)c2[nH]c1=O. The highest BCUT2D eigenvalue weighted by Crippen LogP contribution is 2.15. The van der Waals surface area contributed by atoms with Crippen LogP contribution >= 0.6 is 0 Å². The molecule has 0 spiro atoms. The van der Waals surface area contributed by atoms with Gasteiger partial charge >= 0.3 is 0 Å². The number of carbonyl (C=O) groups excluding carboxylic acids is 1. The van der Waals surface area contributed by atoms with Crippen LogP contribution in [0.1, 0.15) is 23.0 Å². The minimum atomic E-state index is -0.736. The van der Waals surface area contributed by atoms with E-state index in [0.717, 1.165) is 0 Å². The number of carbonyl (C=O) groups is 1. The smallest absolute Gasteiger partial charge is 0.270 e. The molecule has 0 radical (unpaired) electrons. The molecule has 1 heterocycles. The number of aromatic nitrogens is 2. The van der Waals surface area contributed by atoms with E-state index in [2.05, 4.69) is 9.97 Å². The highest BCUT2D eigenvalue weighted by atomic mass is 19.1. The fourth-order valence-electron chi connectivity index (χ4n) is 1.51. The number of aldehydes is 1. The Morgan fingerprint density at radius 1 is 1.50 bits per heavy atom. The number of H-pyrrole nitrogens is 1. The van der Waals surface area contributed by atoms with Crippen LogP contribution in [0.4, 0.5) is 4.39 Å². The van der Waals surface area contributed by atoms with Crippen molar-refractivity contribution in [1.29, 1.82) is 0 Å². The van der Waals surface area contributed by atoms with Gasteiger partial charge in [-0.25, -0.2) is 9.37 Å². The maximum Gasteiger partial charge on any atom is 0.270 e. The molecule has 16 heavy (non-hydrogen) atoms. The zero-order valence-electron chi connectivity index (χ0n) is 8.58. The van der Waals surface area contributed by atoms with E-state index in [-0.39, 0.29) is 11.1 Å². The number of aromatic amines is 1. The number of benzene rings is 1. The van der Waals surface area contributed by atoms with Gasteiger partial charge in [0, 0.05) is 0 Å². The van der Waals surface area contributed by atoms with Crippen molar-refractivity contribution in [1.82, 2.24) is 9.97 Å². The van der Waals surface area contributed by atoms with Crippen molar-refractivity contribution in [3.05, 3.63) is 39.6 Å². The molecule has 0 saturated carbocycles. The molecule has 0 aliphatic heterocycles. The van der Waals surface area contributed by atoms with Crippen molar-refractivity contribution in [3.8, 4) is 0 Å². The fraction of sp³-hybridized carbons (Fsp3) is 0.182. The molecule has 1 N–H and O–H groups in total. The molecule has 1 aromatic carbocycles. The van der Waals surface area contributed by atoms with Crippen molar-refractivity contribution in [2.24, 2.45) is 0 Å². The van der Waals surface area contributed by atoms with Crippen molar-refractivity contribution >= 4 is 17.3 Å². The van der Waals surface area contributed by atoms with Crippen LogP contribution in [-0.2, 0) is 6.42 Å². The lowest BCUT2D eigenvalue weighted by Crippen LogP contribution is -2.15. The van der Waals surface area contributed by atoms with Crippen molar-refractivity contribution < 1.29 is 9.18 Å². The molecule has 82 valence electrons. The zero-order valence-corrected chi connectivity index (χ0v) is 8.58. The minimum Gasteiger partial charge on any atom is -0.317 e. The van der Waals surface area contributed by atoms with Crippen LogP contribution in [-0.4, -0.2) is 16.3 Å². The second kappa shape index (κ2) is 3.84. The van der Waals surface area contributed by atoms with Crippen molar-refractivity contribution in [3.63, 3.8) is 0 Å². The summed E-state index contributed by atoms with van der Waals surface area (Å²) >= 11 is 0. The summed E-state index contributed by atoms with van der Waals surface area (Å²) in [5.74, 6) is -0.736. The molecule has 0 aliphatic rings. The molecule has 0 fully saturated rings. The van der Waals surface area contributed by atoms with E-state index in [1.807, 2.05) is 0 Å². The van der Waals surface area contributed by atoms with Crippen LogP contribution in [0.25, 0.3) is 11.0 Å². The monoisotopic (exact) mass is 220 g/mol. The average Bonchev–Trinajstić information content (AvgIpc) is 2.30. The largest absolute Gasteiger partial charge is 0.317 e. The minimum absolute atomic E-state index is 0.0215. The topological polar surface area (TPSA) is 62.8 Å². The van der Waals surface area contributed by atoms with E-state index >= 15 is 0 Å². The first-order valence-corrected chi connectivity index (χ1v) is 4.84. The van der Waals surface area contributed by atoms with Gasteiger partial charge in [-0.1, -0.05) is 6.92 Å². The number of nitrogens with one attached hydrogen (secondary N) is 1. The summed E-state index contributed by atoms with van der Waals surface area (Å²) in [5.41, 5.74) is 0.170. The number of aryl methyl sites for hydroxylation is 1. The maximum atomic E-state index is 13.6. The van der Waals surface area contributed by atoms with Gasteiger partial charge in [-0.15, -0.1) is 0 Å².